The molecule has 0 aliphatic carbocycles. The van der Waals surface area contributed by atoms with E-state index >= 15 is 0 Å². The second-order valence-electron chi connectivity index (χ2n) is 3.83. The third kappa shape index (κ3) is 2.59. The van der Waals surface area contributed by atoms with Crippen molar-refractivity contribution >= 4 is 27.5 Å². The van der Waals surface area contributed by atoms with E-state index < -0.39 is 12.0 Å². The number of carbonyl (C=O) groups excluding carboxylic acids is 1. The highest BCUT2D eigenvalue weighted by Gasteiger charge is 2.16. The molecule has 0 saturated carbocycles. The molecule has 2 N–H and O–H groups in total. The minimum absolute atomic E-state index is 0.109. The summed E-state index contributed by atoms with van der Waals surface area (Å²) in [6.07, 6.45) is 0. The molecule has 1 unspecified atom stereocenters. The molecule has 0 bridgehead atoms. The van der Waals surface area contributed by atoms with E-state index in [1.807, 2.05) is 0 Å². The topological polar surface area (TPSA) is 96.4 Å². The Kier molecular flexibility index (Phi) is 3.82. The van der Waals surface area contributed by atoms with Crippen LogP contribution >= 0.6 is 11.3 Å². The van der Waals surface area contributed by atoms with Crippen molar-refractivity contribution < 1.29 is 14.3 Å². The molecule has 0 aliphatic rings. The Morgan fingerprint density at radius 2 is 2.37 bits per heavy atom. The van der Waals surface area contributed by atoms with Crippen molar-refractivity contribution in [2.45, 2.75) is 6.04 Å². The van der Waals surface area contributed by atoms with Crippen LogP contribution in [-0.4, -0.2) is 35.3 Å². The van der Waals surface area contributed by atoms with E-state index in [4.69, 9.17) is 10.5 Å². The van der Waals surface area contributed by atoms with E-state index in [1.165, 1.54) is 23.0 Å². The lowest BCUT2D eigenvalue weighted by Gasteiger charge is -2.12. The Balaban J connectivity index is 2.23. The zero-order valence-corrected chi connectivity index (χ0v) is 11.3. The van der Waals surface area contributed by atoms with Crippen molar-refractivity contribution in [2.24, 2.45) is 12.8 Å². The molecule has 2 heterocycles. The number of hydrogen-bond acceptors (Lipinski definition) is 7. The summed E-state index contributed by atoms with van der Waals surface area (Å²) in [5.74, 6) is -0.582. The van der Waals surface area contributed by atoms with Crippen LogP contribution in [0, 0.1) is 0 Å². The smallest absolute Gasteiger partial charge is 0.326 e. The van der Waals surface area contributed by atoms with E-state index in [0.717, 1.165) is 0 Å². The first kappa shape index (κ1) is 13.5. The minimum Gasteiger partial charge on any atom is -0.468 e. The monoisotopic (exact) mass is 283 g/mol. The molecule has 0 fully saturated rings. The lowest BCUT2D eigenvalue weighted by atomic mass is 10.3. The number of carbonyl (C=O) groups is 1. The van der Waals surface area contributed by atoms with Gasteiger partial charge in [-0.25, -0.2) is 0 Å². The van der Waals surface area contributed by atoms with Gasteiger partial charge >= 0.3 is 5.97 Å². The first-order chi connectivity index (χ1) is 9.04. The van der Waals surface area contributed by atoms with E-state index in [2.05, 4.69) is 9.72 Å². The molecular weight excluding hydrogens is 270 g/mol. The minimum atomic E-state index is -0.917. The third-order valence-electron chi connectivity index (χ3n) is 2.54. The van der Waals surface area contributed by atoms with Crippen LogP contribution in [0.4, 0.5) is 0 Å². The molecule has 0 amide bonds. The number of hydrogen-bond donors (Lipinski definition) is 1. The quantitative estimate of drug-likeness (QED) is 0.785. The van der Waals surface area contributed by atoms with Crippen LogP contribution in [0.1, 0.15) is 0 Å². The molecule has 0 aliphatic heterocycles. The fourth-order valence-corrected chi connectivity index (χ4v) is 2.29. The van der Waals surface area contributed by atoms with Crippen LogP contribution in [0.25, 0.3) is 10.2 Å². The number of rotatable bonds is 4. The first-order valence-corrected chi connectivity index (χ1v) is 6.33. The fourth-order valence-electron chi connectivity index (χ4n) is 1.48. The highest BCUT2D eigenvalue weighted by Crippen LogP contribution is 2.17. The van der Waals surface area contributed by atoms with Crippen molar-refractivity contribution in [3.8, 4) is 6.01 Å². The second-order valence-corrected chi connectivity index (χ2v) is 4.75. The van der Waals surface area contributed by atoms with Gasteiger partial charge in [-0.2, -0.15) is 4.98 Å². The van der Waals surface area contributed by atoms with Gasteiger partial charge in [-0.3, -0.25) is 14.2 Å². The van der Waals surface area contributed by atoms with Gasteiger partial charge in [-0.05, 0) is 11.4 Å². The summed E-state index contributed by atoms with van der Waals surface area (Å²) in [4.78, 5) is 27.3. The van der Waals surface area contributed by atoms with Gasteiger partial charge in [0, 0.05) is 7.05 Å². The van der Waals surface area contributed by atoms with E-state index in [1.54, 1.807) is 18.5 Å². The van der Waals surface area contributed by atoms with Gasteiger partial charge in [-0.1, -0.05) is 0 Å². The molecule has 0 saturated heterocycles. The lowest BCUT2D eigenvalue weighted by Crippen LogP contribution is -2.38. The Morgan fingerprint density at radius 1 is 1.63 bits per heavy atom. The Morgan fingerprint density at radius 3 is 3.05 bits per heavy atom. The molecule has 1 atom stereocenters. The van der Waals surface area contributed by atoms with Crippen molar-refractivity contribution in [3.63, 3.8) is 0 Å². The predicted molar refractivity (Wildman–Crippen MR) is 70.3 cm³/mol. The maximum Gasteiger partial charge on any atom is 0.326 e. The molecule has 102 valence electrons. The van der Waals surface area contributed by atoms with Crippen LogP contribution in [0.2, 0.25) is 0 Å². The summed E-state index contributed by atoms with van der Waals surface area (Å²) >= 11 is 1.32. The molecule has 2 aromatic heterocycles. The molecule has 0 aromatic carbocycles. The van der Waals surface area contributed by atoms with E-state index in [9.17, 15) is 9.59 Å². The zero-order valence-electron chi connectivity index (χ0n) is 10.5. The van der Waals surface area contributed by atoms with E-state index in [0.29, 0.717) is 10.2 Å². The number of fused-ring (bicyclic) bond motifs is 1. The van der Waals surface area contributed by atoms with Gasteiger partial charge in [-0.15, -0.1) is 11.3 Å². The maximum atomic E-state index is 12.0. The molecule has 19 heavy (non-hydrogen) atoms. The SMILES string of the molecule is COC(=O)C(N)COc1nc2ccsc2c(=O)n1C. The van der Waals surface area contributed by atoms with Crippen LogP contribution in [-0.2, 0) is 16.6 Å². The Labute approximate surface area is 112 Å². The largest absolute Gasteiger partial charge is 0.468 e. The predicted octanol–water partition coefficient (Wildman–Crippen LogP) is -0.126. The normalized spacial score (nSPS) is 12.4. The highest BCUT2D eigenvalue weighted by atomic mass is 32.1. The number of ether oxygens (including phenoxy) is 2. The summed E-state index contributed by atoms with van der Waals surface area (Å²) in [6.45, 7) is -0.109. The van der Waals surface area contributed by atoms with Crippen molar-refractivity contribution in [3.05, 3.63) is 21.8 Å². The van der Waals surface area contributed by atoms with Gasteiger partial charge in [0.05, 0.1) is 12.6 Å². The number of esters is 1. The average Bonchev–Trinajstić information content (AvgIpc) is 2.88. The second kappa shape index (κ2) is 5.37. The van der Waals surface area contributed by atoms with Crippen LogP contribution in [0.3, 0.4) is 0 Å². The lowest BCUT2D eigenvalue weighted by molar-refractivity contribution is -0.142. The fraction of sp³-hybridized carbons (Fsp3) is 0.364. The number of nitrogens with zero attached hydrogens (tertiary/aromatic N) is 2. The van der Waals surface area contributed by atoms with Crippen molar-refractivity contribution in [1.82, 2.24) is 9.55 Å². The maximum absolute atomic E-state index is 12.0. The van der Waals surface area contributed by atoms with Crippen molar-refractivity contribution in [1.29, 1.82) is 0 Å². The van der Waals surface area contributed by atoms with Crippen LogP contribution in [0.5, 0.6) is 6.01 Å². The number of nitrogens with two attached hydrogens (primary N) is 1. The number of thiophene rings is 1. The van der Waals surface area contributed by atoms with Gasteiger partial charge in [0.1, 0.15) is 17.3 Å². The first-order valence-electron chi connectivity index (χ1n) is 5.45. The number of methoxy groups -OCH3 is 1. The van der Waals surface area contributed by atoms with Crippen LogP contribution < -0.4 is 16.0 Å². The summed E-state index contributed by atoms with van der Waals surface area (Å²) < 4.78 is 11.6. The molecule has 7 nitrogen and oxygen atoms in total. The molecule has 2 rings (SSSR count). The number of aromatic nitrogens is 2. The molecular formula is C11H13N3O4S. The van der Waals surface area contributed by atoms with E-state index in [-0.39, 0.29) is 18.2 Å². The average molecular weight is 283 g/mol. The van der Waals surface area contributed by atoms with Gasteiger partial charge in [0.2, 0.25) is 0 Å². The summed E-state index contributed by atoms with van der Waals surface area (Å²) in [6, 6.07) is 0.935. The summed E-state index contributed by atoms with van der Waals surface area (Å²) in [7, 11) is 2.79. The molecule has 8 heteroatoms. The third-order valence-corrected chi connectivity index (χ3v) is 3.43. The molecule has 0 spiro atoms. The standard InChI is InChI=1S/C11H13N3O4S/c1-14-9(15)8-7(3-4-19-8)13-11(14)18-5-6(12)10(16)17-2/h3-4,6H,5,12H2,1-2H3. The summed E-state index contributed by atoms with van der Waals surface area (Å²) in [5, 5.41) is 1.78. The van der Waals surface area contributed by atoms with Gasteiger partial charge < -0.3 is 15.2 Å². The highest BCUT2D eigenvalue weighted by molar-refractivity contribution is 7.17. The molecule has 2 aromatic rings. The summed E-state index contributed by atoms with van der Waals surface area (Å²) in [5.41, 5.74) is 5.92. The van der Waals surface area contributed by atoms with Gasteiger partial charge in [0.25, 0.3) is 11.6 Å². The van der Waals surface area contributed by atoms with Crippen molar-refractivity contribution in [2.75, 3.05) is 13.7 Å². The zero-order chi connectivity index (χ0) is 14.0. The Hall–Kier alpha value is -1.93. The molecule has 0 radical (unpaired) electrons. The van der Waals surface area contributed by atoms with Crippen LogP contribution in [0.15, 0.2) is 16.2 Å². The Bertz CT molecular complexity index is 663. The van der Waals surface area contributed by atoms with Gasteiger partial charge in [0.15, 0.2) is 0 Å².